The van der Waals surface area contributed by atoms with Crippen LogP contribution in [0.25, 0.3) is 0 Å². The molecule has 10 heteroatoms. The van der Waals surface area contributed by atoms with E-state index in [1.54, 1.807) is 17.5 Å². The monoisotopic (exact) mass is 437 g/mol. The van der Waals surface area contributed by atoms with E-state index >= 15 is 0 Å². The predicted molar refractivity (Wildman–Crippen MR) is 110 cm³/mol. The maximum atomic E-state index is 12.8. The van der Waals surface area contributed by atoms with Gasteiger partial charge in [-0.2, -0.15) is 0 Å². The first-order valence-electron chi connectivity index (χ1n) is 7.98. The Morgan fingerprint density at radius 1 is 1.21 bits per heavy atom. The summed E-state index contributed by atoms with van der Waals surface area (Å²) in [6.45, 7) is 1.81. The summed E-state index contributed by atoms with van der Waals surface area (Å²) in [5.41, 5.74) is 1.17. The minimum Gasteiger partial charge on any atom is -0.495 e. The lowest BCUT2D eigenvalue weighted by Gasteiger charge is -2.12. The van der Waals surface area contributed by atoms with E-state index in [0.717, 1.165) is 5.69 Å². The van der Waals surface area contributed by atoms with E-state index in [1.807, 2.05) is 6.92 Å². The van der Waals surface area contributed by atoms with Crippen LogP contribution in [0.3, 0.4) is 0 Å². The van der Waals surface area contributed by atoms with Crippen LogP contribution in [0.5, 0.6) is 5.75 Å². The molecule has 0 bridgehead atoms. The Kier molecular flexibility index (Phi) is 5.87. The molecule has 2 aromatic carbocycles. The number of nitrogens with zero attached hydrogens (tertiary/aromatic N) is 1. The summed E-state index contributed by atoms with van der Waals surface area (Å²) in [6.07, 6.45) is 0. The summed E-state index contributed by atoms with van der Waals surface area (Å²) >= 11 is 7.24. The topological polar surface area (TPSA) is 97.4 Å². The number of amides is 1. The molecule has 146 valence electrons. The summed E-state index contributed by atoms with van der Waals surface area (Å²) in [5.74, 6) is -0.132. The van der Waals surface area contributed by atoms with Crippen LogP contribution in [-0.4, -0.2) is 26.4 Å². The fourth-order valence-corrected chi connectivity index (χ4v) is 4.31. The average molecular weight is 438 g/mol. The van der Waals surface area contributed by atoms with Crippen molar-refractivity contribution in [3.63, 3.8) is 0 Å². The molecular weight excluding hydrogens is 422 g/mol. The number of benzene rings is 2. The quantitative estimate of drug-likeness (QED) is 0.603. The first kappa shape index (κ1) is 20.1. The number of aromatic nitrogens is 1. The number of ether oxygens (including phenoxy) is 1. The number of thiazole rings is 1. The summed E-state index contributed by atoms with van der Waals surface area (Å²) < 4.78 is 33.1. The van der Waals surface area contributed by atoms with Gasteiger partial charge < -0.3 is 4.74 Å². The molecule has 1 amide bonds. The molecule has 0 unspecified atom stereocenters. The van der Waals surface area contributed by atoms with Crippen molar-refractivity contribution in [3.8, 4) is 5.75 Å². The number of rotatable bonds is 6. The van der Waals surface area contributed by atoms with Crippen LogP contribution in [-0.2, 0) is 10.0 Å². The molecule has 1 aromatic heterocycles. The van der Waals surface area contributed by atoms with Gasteiger partial charge in [-0.05, 0) is 43.3 Å². The van der Waals surface area contributed by atoms with Gasteiger partial charge in [-0.25, -0.2) is 13.4 Å². The lowest BCUT2D eigenvalue weighted by Crippen LogP contribution is -2.16. The van der Waals surface area contributed by atoms with Crippen LogP contribution in [0.1, 0.15) is 16.1 Å². The zero-order valence-corrected chi connectivity index (χ0v) is 17.3. The molecular formula is C18H16ClN3O4S2. The maximum absolute atomic E-state index is 12.8. The van der Waals surface area contributed by atoms with Gasteiger partial charge in [-0.1, -0.05) is 17.7 Å². The molecule has 3 aromatic rings. The summed E-state index contributed by atoms with van der Waals surface area (Å²) in [4.78, 5) is 16.5. The Hall–Kier alpha value is -2.62. The van der Waals surface area contributed by atoms with Gasteiger partial charge in [0.2, 0.25) is 0 Å². The van der Waals surface area contributed by atoms with Gasteiger partial charge in [0.15, 0.2) is 5.13 Å². The molecule has 0 saturated carbocycles. The Balaban J connectivity index is 1.86. The van der Waals surface area contributed by atoms with Crippen LogP contribution in [0.2, 0.25) is 5.02 Å². The molecule has 0 saturated heterocycles. The molecule has 0 fully saturated rings. The lowest BCUT2D eigenvalue weighted by atomic mass is 10.2. The first-order valence-corrected chi connectivity index (χ1v) is 10.7. The van der Waals surface area contributed by atoms with Crippen LogP contribution >= 0.6 is 22.9 Å². The molecule has 28 heavy (non-hydrogen) atoms. The third kappa shape index (κ3) is 4.61. The van der Waals surface area contributed by atoms with E-state index in [2.05, 4.69) is 15.0 Å². The van der Waals surface area contributed by atoms with E-state index in [0.29, 0.717) is 15.9 Å². The fourth-order valence-electron chi connectivity index (χ4n) is 2.35. The summed E-state index contributed by atoms with van der Waals surface area (Å²) in [5, 5.41) is 5.25. The van der Waals surface area contributed by atoms with Gasteiger partial charge in [0.1, 0.15) is 5.75 Å². The van der Waals surface area contributed by atoms with Gasteiger partial charge in [0, 0.05) is 16.0 Å². The largest absolute Gasteiger partial charge is 0.495 e. The van der Waals surface area contributed by atoms with Crippen molar-refractivity contribution in [2.24, 2.45) is 0 Å². The number of hydrogen-bond acceptors (Lipinski definition) is 6. The number of sulfonamides is 1. The number of halogens is 1. The van der Waals surface area contributed by atoms with Crippen molar-refractivity contribution in [1.82, 2.24) is 4.98 Å². The Morgan fingerprint density at radius 2 is 2.00 bits per heavy atom. The van der Waals surface area contributed by atoms with E-state index < -0.39 is 15.9 Å². The standard InChI is InChI=1S/C18H16ClN3O4S2/c1-11-10-27-18(20-11)21-17(23)12-4-3-5-14(8-12)28(24,25)22-15-9-13(19)6-7-16(15)26-2/h3-10,22H,1-2H3,(H,20,21,23). The van der Waals surface area contributed by atoms with Crippen LogP contribution in [0, 0.1) is 6.92 Å². The van der Waals surface area contributed by atoms with Crippen LogP contribution < -0.4 is 14.8 Å². The van der Waals surface area contributed by atoms with Gasteiger partial charge in [0.25, 0.3) is 15.9 Å². The highest BCUT2D eigenvalue weighted by Crippen LogP contribution is 2.30. The van der Waals surface area contributed by atoms with Gasteiger partial charge in [-0.15, -0.1) is 11.3 Å². The van der Waals surface area contributed by atoms with Crippen molar-refractivity contribution >= 4 is 49.7 Å². The van der Waals surface area contributed by atoms with Crippen LogP contribution in [0.4, 0.5) is 10.8 Å². The number of aryl methyl sites for hydroxylation is 1. The van der Waals surface area contributed by atoms with Gasteiger partial charge in [-0.3, -0.25) is 14.8 Å². The zero-order chi connectivity index (χ0) is 20.3. The average Bonchev–Trinajstić information content (AvgIpc) is 3.06. The first-order chi connectivity index (χ1) is 13.3. The number of hydrogen-bond donors (Lipinski definition) is 2. The predicted octanol–water partition coefficient (Wildman–Crippen LogP) is 4.17. The summed E-state index contributed by atoms with van der Waals surface area (Å²) in [7, 11) is -2.55. The SMILES string of the molecule is COc1ccc(Cl)cc1NS(=O)(=O)c1cccc(C(=O)Nc2nc(C)cs2)c1. The number of anilines is 2. The van der Waals surface area contributed by atoms with Gasteiger partial charge >= 0.3 is 0 Å². The normalized spacial score (nSPS) is 11.1. The van der Waals surface area contributed by atoms with Gasteiger partial charge in [0.05, 0.1) is 23.4 Å². The Labute approximate surface area is 171 Å². The highest BCUT2D eigenvalue weighted by molar-refractivity contribution is 7.92. The van der Waals surface area contributed by atoms with Crippen molar-refractivity contribution in [1.29, 1.82) is 0 Å². The van der Waals surface area contributed by atoms with Crippen molar-refractivity contribution in [2.75, 3.05) is 17.1 Å². The van der Waals surface area contributed by atoms with E-state index in [1.165, 1.54) is 48.8 Å². The highest BCUT2D eigenvalue weighted by Gasteiger charge is 2.19. The molecule has 7 nitrogen and oxygen atoms in total. The molecule has 0 aliphatic rings. The summed E-state index contributed by atoms with van der Waals surface area (Å²) in [6, 6.07) is 10.3. The second-order valence-corrected chi connectivity index (χ2v) is 8.70. The Morgan fingerprint density at radius 3 is 2.68 bits per heavy atom. The Bertz CT molecular complexity index is 1130. The number of carbonyl (C=O) groups excluding carboxylic acids is 1. The van der Waals surface area contributed by atoms with E-state index in [4.69, 9.17) is 16.3 Å². The number of nitrogens with one attached hydrogen (secondary N) is 2. The highest BCUT2D eigenvalue weighted by atomic mass is 35.5. The minimum absolute atomic E-state index is 0.0718. The molecule has 1 heterocycles. The second kappa shape index (κ2) is 8.17. The molecule has 0 aliphatic heterocycles. The fraction of sp³-hybridized carbons (Fsp3) is 0.111. The maximum Gasteiger partial charge on any atom is 0.262 e. The van der Waals surface area contributed by atoms with E-state index in [9.17, 15) is 13.2 Å². The molecule has 0 atom stereocenters. The van der Waals surface area contributed by atoms with Crippen molar-refractivity contribution in [2.45, 2.75) is 11.8 Å². The molecule has 3 rings (SSSR count). The molecule has 2 N–H and O–H groups in total. The van der Waals surface area contributed by atoms with Crippen LogP contribution in [0.15, 0.2) is 52.7 Å². The smallest absolute Gasteiger partial charge is 0.262 e. The van der Waals surface area contributed by atoms with E-state index in [-0.39, 0.29) is 16.1 Å². The zero-order valence-electron chi connectivity index (χ0n) is 14.9. The third-order valence-corrected chi connectivity index (χ3v) is 6.13. The number of carbonyl (C=O) groups is 1. The molecule has 0 radical (unpaired) electrons. The molecule has 0 spiro atoms. The van der Waals surface area contributed by atoms with Crippen molar-refractivity contribution < 1.29 is 17.9 Å². The third-order valence-electron chi connectivity index (χ3n) is 3.65. The van der Waals surface area contributed by atoms with Crippen molar-refractivity contribution in [3.05, 3.63) is 64.1 Å². The number of methoxy groups -OCH3 is 1. The second-order valence-electron chi connectivity index (χ2n) is 5.73. The molecule has 0 aliphatic carbocycles. The lowest BCUT2D eigenvalue weighted by molar-refractivity contribution is 0.102. The minimum atomic E-state index is -3.97.